The van der Waals surface area contributed by atoms with Crippen LogP contribution in [-0.4, -0.2) is 24.0 Å². The molecule has 1 saturated carbocycles. The van der Waals surface area contributed by atoms with Crippen LogP contribution in [0, 0.1) is 5.92 Å². The SMILES string of the molecule is CCC1CCN(C2CCC2)CC1. The van der Waals surface area contributed by atoms with Crippen molar-refractivity contribution in [2.24, 2.45) is 5.92 Å². The van der Waals surface area contributed by atoms with Gasteiger partial charge in [-0.1, -0.05) is 19.8 Å². The van der Waals surface area contributed by atoms with E-state index in [-0.39, 0.29) is 0 Å². The molecule has 1 heteroatoms. The number of hydrogen-bond acceptors (Lipinski definition) is 1. The highest BCUT2D eigenvalue weighted by Gasteiger charge is 2.27. The summed E-state index contributed by atoms with van der Waals surface area (Å²) in [6, 6.07) is 0.989. The maximum absolute atomic E-state index is 2.73. The first-order valence-corrected chi connectivity index (χ1v) is 5.64. The summed E-state index contributed by atoms with van der Waals surface area (Å²) in [5.74, 6) is 1.04. The Morgan fingerprint density at radius 2 is 1.75 bits per heavy atom. The molecule has 2 aliphatic rings. The molecule has 1 aliphatic heterocycles. The molecule has 0 N–H and O–H groups in total. The monoisotopic (exact) mass is 167 g/mol. The van der Waals surface area contributed by atoms with Crippen molar-refractivity contribution < 1.29 is 0 Å². The first-order valence-electron chi connectivity index (χ1n) is 5.64. The molecule has 0 aromatic carbocycles. The Morgan fingerprint density at radius 3 is 2.17 bits per heavy atom. The summed E-state index contributed by atoms with van der Waals surface area (Å²) in [5, 5.41) is 0. The Hall–Kier alpha value is -0.0400. The Morgan fingerprint density at radius 1 is 1.08 bits per heavy atom. The molecule has 0 radical (unpaired) electrons. The van der Waals surface area contributed by atoms with E-state index in [9.17, 15) is 0 Å². The number of nitrogens with zero attached hydrogens (tertiary/aromatic N) is 1. The van der Waals surface area contributed by atoms with Gasteiger partial charge in [-0.25, -0.2) is 0 Å². The van der Waals surface area contributed by atoms with Crippen molar-refractivity contribution in [3.63, 3.8) is 0 Å². The molecule has 1 aliphatic carbocycles. The third kappa shape index (κ3) is 1.66. The fourth-order valence-corrected chi connectivity index (χ4v) is 2.48. The zero-order chi connectivity index (χ0) is 8.39. The molecular formula is C11H21N. The van der Waals surface area contributed by atoms with Crippen molar-refractivity contribution in [3.8, 4) is 0 Å². The van der Waals surface area contributed by atoms with Crippen LogP contribution in [0.1, 0.15) is 45.4 Å². The lowest BCUT2D eigenvalue weighted by molar-refractivity contribution is 0.0838. The van der Waals surface area contributed by atoms with Crippen LogP contribution in [0.3, 0.4) is 0 Å². The Kier molecular flexibility index (Phi) is 2.69. The molecule has 2 fully saturated rings. The van der Waals surface area contributed by atoms with Crippen molar-refractivity contribution in [1.82, 2.24) is 4.90 Å². The lowest BCUT2D eigenvalue weighted by Crippen LogP contribution is -2.44. The normalized spacial score (nSPS) is 28.8. The second kappa shape index (κ2) is 3.78. The fraction of sp³-hybridized carbons (Fsp3) is 1.00. The fourth-order valence-electron chi connectivity index (χ4n) is 2.48. The lowest BCUT2D eigenvalue weighted by Gasteiger charge is -2.41. The van der Waals surface area contributed by atoms with E-state index in [1.165, 1.54) is 51.6 Å². The van der Waals surface area contributed by atoms with E-state index >= 15 is 0 Å². The van der Waals surface area contributed by atoms with Crippen LogP contribution < -0.4 is 0 Å². The Bertz CT molecular complexity index is 132. The molecule has 1 heterocycles. The summed E-state index contributed by atoms with van der Waals surface area (Å²) in [6.07, 6.45) is 8.78. The smallest absolute Gasteiger partial charge is 0.00952 e. The molecular weight excluding hydrogens is 146 g/mol. The highest BCUT2D eigenvalue weighted by Crippen LogP contribution is 2.29. The van der Waals surface area contributed by atoms with Crippen molar-refractivity contribution in [2.75, 3.05) is 13.1 Å². The molecule has 0 amide bonds. The highest BCUT2D eigenvalue weighted by atomic mass is 15.2. The van der Waals surface area contributed by atoms with Crippen LogP contribution in [0.2, 0.25) is 0 Å². The van der Waals surface area contributed by atoms with Crippen LogP contribution in [-0.2, 0) is 0 Å². The molecule has 1 saturated heterocycles. The Labute approximate surface area is 76.1 Å². The molecule has 70 valence electrons. The van der Waals surface area contributed by atoms with Crippen LogP contribution in [0.4, 0.5) is 0 Å². The second-order valence-corrected chi connectivity index (χ2v) is 4.47. The van der Waals surface area contributed by atoms with Gasteiger partial charge in [0.25, 0.3) is 0 Å². The summed E-state index contributed by atoms with van der Waals surface area (Å²) in [6.45, 7) is 5.12. The van der Waals surface area contributed by atoms with Gasteiger partial charge in [-0.05, 0) is 44.7 Å². The maximum Gasteiger partial charge on any atom is 0.00952 e. The van der Waals surface area contributed by atoms with Crippen molar-refractivity contribution >= 4 is 0 Å². The van der Waals surface area contributed by atoms with Crippen LogP contribution >= 0.6 is 0 Å². The summed E-state index contributed by atoms with van der Waals surface area (Å²) in [4.78, 5) is 2.73. The predicted molar refractivity (Wildman–Crippen MR) is 52.2 cm³/mol. The second-order valence-electron chi connectivity index (χ2n) is 4.47. The molecule has 1 nitrogen and oxygen atoms in total. The van der Waals surface area contributed by atoms with Gasteiger partial charge >= 0.3 is 0 Å². The minimum Gasteiger partial charge on any atom is -0.300 e. The first-order chi connectivity index (χ1) is 5.90. The van der Waals surface area contributed by atoms with E-state index in [1.54, 1.807) is 0 Å². The molecule has 0 aromatic rings. The van der Waals surface area contributed by atoms with E-state index < -0.39 is 0 Å². The van der Waals surface area contributed by atoms with Gasteiger partial charge in [0.1, 0.15) is 0 Å². The minimum absolute atomic E-state index is 0.989. The molecule has 0 bridgehead atoms. The zero-order valence-corrected chi connectivity index (χ0v) is 8.26. The maximum atomic E-state index is 2.73. The minimum atomic E-state index is 0.989. The zero-order valence-electron chi connectivity index (χ0n) is 8.26. The molecule has 0 spiro atoms. The lowest BCUT2D eigenvalue weighted by atomic mass is 9.87. The van der Waals surface area contributed by atoms with E-state index in [2.05, 4.69) is 11.8 Å². The van der Waals surface area contributed by atoms with E-state index in [4.69, 9.17) is 0 Å². The summed E-state index contributed by atoms with van der Waals surface area (Å²) < 4.78 is 0. The molecule has 0 unspecified atom stereocenters. The van der Waals surface area contributed by atoms with Gasteiger partial charge in [0.2, 0.25) is 0 Å². The number of piperidine rings is 1. The van der Waals surface area contributed by atoms with Gasteiger partial charge in [0.15, 0.2) is 0 Å². The topological polar surface area (TPSA) is 3.24 Å². The molecule has 2 rings (SSSR count). The van der Waals surface area contributed by atoms with E-state index in [0.717, 1.165) is 12.0 Å². The molecule has 0 aromatic heterocycles. The summed E-state index contributed by atoms with van der Waals surface area (Å²) in [5.41, 5.74) is 0. The predicted octanol–water partition coefficient (Wildman–Crippen LogP) is 2.66. The number of hydrogen-bond donors (Lipinski definition) is 0. The van der Waals surface area contributed by atoms with Crippen LogP contribution in [0.25, 0.3) is 0 Å². The van der Waals surface area contributed by atoms with Crippen LogP contribution in [0.15, 0.2) is 0 Å². The quantitative estimate of drug-likeness (QED) is 0.611. The first kappa shape index (κ1) is 8.55. The van der Waals surface area contributed by atoms with Gasteiger partial charge in [0, 0.05) is 6.04 Å². The molecule has 0 atom stereocenters. The van der Waals surface area contributed by atoms with E-state index in [1.807, 2.05) is 0 Å². The van der Waals surface area contributed by atoms with Gasteiger partial charge < -0.3 is 4.90 Å². The largest absolute Gasteiger partial charge is 0.300 e. The van der Waals surface area contributed by atoms with Crippen molar-refractivity contribution in [2.45, 2.75) is 51.5 Å². The summed E-state index contributed by atoms with van der Waals surface area (Å²) >= 11 is 0. The van der Waals surface area contributed by atoms with Gasteiger partial charge in [0.05, 0.1) is 0 Å². The third-order valence-corrected chi connectivity index (χ3v) is 3.82. The van der Waals surface area contributed by atoms with Crippen molar-refractivity contribution in [1.29, 1.82) is 0 Å². The van der Waals surface area contributed by atoms with Gasteiger partial charge in [-0.15, -0.1) is 0 Å². The average molecular weight is 167 g/mol. The van der Waals surface area contributed by atoms with Crippen molar-refractivity contribution in [3.05, 3.63) is 0 Å². The average Bonchev–Trinajstić information content (AvgIpc) is 2.03. The number of likely N-dealkylation sites (tertiary alicyclic amines) is 1. The highest BCUT2D eigenvalue weighted by molar-refractivity contribution is 4.83. The molecule has 12 heavy (non-hydrogen) atoms. The number of rotatable bonds is 2. The summed E-state index contributed by atoms with van der Waals surface area (Å²) in [7, 11) is 0. The standard InChI is InChI=1S/C11H21N/c1-2-10-6-8-12(9-7-10)11-4-3-5-11/h10-11H,2-9H2,1H3. The third-order valence-electron chi connectivity index (χ3n) is 3.82. The van der Waals surface area contributed by atoms with Crippen LogP contribution in [0.5, 0.6) is 0 Å². The van der Waals surface area contributed by atoms with Gasteiger partial charge in [-0.3, -0.25) is 0 Å². The Balaban J connectivity index is 1.74. The van der Waals surface area contributed by atoms with Gasteiger partial charge in [-0.2, -0.15) is 0 Å². The van der Waals surface area contributed by atoms with E-state index in [0.29, 0.717) is 0 Å².